The number of hydrogen-bond donors (Lipinski definition) is 3. The van der Waals surface area contributed by atoms with E-state index in [0.29, 0.717) is 12.1 Å². The topological polar surface area (TPSA) is 95.5 Å². The van der Waals surface area contributed by atoms with E-state index in [-0.39, 0.29) is 5.69 Å². The number of hydrogen-bond acceptors (Lipinski definition) is 3. The minimum Gasteiger partial charge on any atom is -0.480 e. The summed E-state index contributed by atoms with van der Waals surface area (Å²) in [6, 6.07) is 1.01. The molecule has 0 spiro atoms. The minimum absolute atomic E-state index is 0.213. The predicted molar refractivity (Wildman–Crippen MR) is 70.3 cm³/mol. The Morgan fingerprint density at radius 1 is 1.18 bits per heavy atom. The minimum atomic E-state index is -4.72. The highest BCUT2D eigenvalue weighted by atomic mass is 19.4. The van der Waals surface area contributed by atoms with Gasteiger partial charge in [0.15, 0.2) is 0 Å². The largest absolute Gasteiger partial charge is 0.480 e. The smallest absolute Gasteiger partial charge is 0.416 e. The van der Waals surface area contributed by atoms with Gasteiger partial charge in [-0.1, -0.05) is 0 Å². The molecule has 120 valence electrons. The molecule has 1 rings (SSSR count). The van der Waals surface area contributed by atoms with Gasteiger partial charge in [0.1, 0.15) is 6.04 Å². The summed E-state index contributed by atoms with van der Waals surface area (Å²) >= 11 is 0. The van der Waals surface area contributed by atoms with Gasteiger partial charge in [-0.2, -0.15) is 13.2 Å². The molecular formula is C13H13F3N2O4. The van der Waals surface area contributed by atoms with Crippen LogP contribution in [0.15, 0.2) is 18.2 Å². The molecule has 0 saturated carbocycles. The summed E-state index contributed by atoms with van der Waals surface area (Å²) in [5.74, 6) is -2.93. The maximum atomic E-state index is 12.8. The maximum Gasteiger partial charge on any atom is 0.416 e. The van der Waals surface area contributed by atoms with Gasteiger partial charge in [-0.15, -0.1) is 0 Å². The van der Waals surface area contributed by atoms with Crippen LogP contribution in [0, 0.1) is 0 Å². The molecule has 0 radical (unpaired) electrons. The van der Waals surface area contributed by atoms with E-state index in [4.69, 9.17) is 5.11 Å². The molecule has 3 N–H and O–H groups in total. The van der Waals surface area contributed by atoms with Gasteiger partial charge < -0.3 is 15.7 Å². The molecular weight excluding hydrogens is 305 g/mol. The molecule has 0 aliphatic heterocycles. The second-order valence-electron chi connectivity index (χ2n) is 4.51. The fourth-order valence-corrected chi connectivity index (χ4v) is 1.54. The van der Waals surface area contributed by atoms with Crippen molar-refractivity contribution in [2.75, 3.05) is 5.32 Å². The second-order valence-corrected chi connectivity index (χ2v) is 4.51. The Morgan fingerprint density at radius 2 is 1.77 bits per heavy atom. The predicted octanol–water partition coefficient (Wildman–Crippen LogP) is 1.87. The van der Waals surface area contributed by atoms with Crippen LogP contribution >= 0.6 is 0 Å². The van der Waals surface area contributed by atoms with Gasteiger partial charge in [0, 0.05) is 18.2 Å². The van der Waals surface area contributed by atoms with Crippen molar-refractivity contribution < 1.29 is 32.7 Å². The van der Waals surface area contributed by atoms with Gasteiger partial charge in [0.25, 0.3) is 5.91 Å². The lowest BCUT2D eigenvalue weighted by Gasteiger charge is -2.14. The summed E-state index contributed by atoms with van der Waals surface area (Å²) in [5.41, 5.74) is -1.76. The molecule has 22 heavy (non-hydrogen) atoms. The molecule has 0 fully saturated rings. The van der Waals surface area contributed by atoms with Gasteiger partial charge >= 0.3 is 12.1 Å². The molecule has 1 aromatic rings. The van der Waals surface area contributed by atoms with Crippen molar-refractivity contribution >= 4 is 23.5 Å². The SMILES string of the molecule is CC(=O)Nc1cc(C(=O)NC(C)C(=O)O)cc(C(F)(F)F)c1. The first kappa shape index (κ1) is 17.5. The number of benzene rings is 1. The van der Waals surface area contributed by atoms with Gasteiger partial charge in [-0.3, -0.25) is 14.4 Å². The van der Waals surface area contributed by atoms with Crippen molar-refractivity contribution in [2.24, 2.45) is 0 Å². The second kappa shape index (κ2) is 6.46. The molecule has 0 heterocycles. The fraction of sp³-hybridized carbons (Fsp3) is 0.308. The third kappa shape index (κ3) is 4.76. The van der Waals surface area contributed by atoms with Crippen LogP contribution in [0.1, 0.15) is 29.8 Å². The number of halogens is 3. The first-order chi connectivity index (χ1) is 10.0. The Morgan fingerprint density at radius 3 is 2.23 bits per heavy atom. The van der Waals surface area contributed by atoms with Crippen molar-refractivity contribution in [1.82, 2.24) is 5.32 Å². The third-order valence-electron chi connectivity index (χ3n) is 2.56. The number of amides is 2. The van der Waals surface area contributed by atoms with E-state index in [1.807, 2.05) is 5.32 Å². The number of carboxylic acid groups (broad SMARTS) is 1. The number of anilines is 1. The van der Waals surface area contributed by atoms with Crippen LogP contribution in [0.25, 0.3) is 0 Å². The summed E-state index contributed by atoms with van der Waals surface area (Å²) < 4.78 is 38.4. The summed E-state index contributed by atoms with van der Waals surface area (Å²) in [6.45, 7) is 2.27. The zero-order chi connectivity index (χ0) is 17.1. The third-order valence-corrected chi connectivity index (χ3v) is 2.56. The van der Waals surface area contributed by atoms with Crippen LogP contribution in [-0.4, -0.2) is 28.9 Å². The monoisotopic (exact) mass is 318 g/mol. The number of carbonyl (C=O) groups excluding carboxylic acids is 2. The first-order valence-electron chi connectivity index (χ1n) is 6.04. The average Bonchev–Trinajstić information content (AvgIpc) is 2.36. The lowest BCUT2D eigenvalue weighted by atomic mass is 10.1. The summed E-state index contributed by atoms with van der Waals surface area (Å²) in [5, 5.41) is 12.9. The number of carbonyl (C=O) groups is 3. The Labute approximate surface area is 123 Å². The zero-order valence-corrected chi connectivity index (χ0v) is 11.6. The number of alkyl halides is 3. The highest BCUT2D eigenvalue weighted by Crippen LogP contribution is 2.32. The van der Waals surface area contributed by atoms with Crippen molar-refractivity contribution in [3.8, 4) is 0 Å². The van der Waals surface area contributed by atoms with E-state index in [1.165, 1.54) is 6.92 Å². The number of aliphatic carboxylic acids is 1. The highest BCUT2D eigenvalue weighted by Gasteiger charge is 2.32. The Bertz CT molecular complexity index is 614. The quantitative estimate of drug-likeness (QED) is 0.789. The van der Waals surface area contributed by atoms with Crippen LogP contribution in [-0.2, 0) is 15.8 Å². The number of carboxylic acids is 1. The van der Waals surface area contributed by atoms with Crippen molar-refractivity contribution in [2.45, 2.75) is 26.1 Å². The van der Waals surface area contributed by atoms with Gasteiger partial charge in [-0.05, 0) is 25.1 Å². The molecule has 0 aliphatic carbocycles. The van der Waals surface area contributed by atoms with E-state index >= 15 is 0 Å². The molecule has 1 atom stereocenters. The molecule has 0 bridgehead atoms. The van der Waals surface area contributed by atoms with E-state index in [1.54, 1.807) is 0 Å². The molecule has 0 aromatic heterocycles. The van der Waals surface area contributed by atoms with E-state index < -0.39 is 41.1 Å². The lowest BCUT2D eigenvalue weighted by molar-refractivity contribution is -0.139. The Kier molecular flexibility index (Phi) is 5.13. The van der Waals surface area contributed by atoms with Crippen molar-refractivity contribution in [1.29, 1.82) is 0 Å². The standard InChI is InChI=1S/C13H13F3N2O4/c1-6(12(21)22)17-11(20)8-3-9(13(14,15)16)5-10(4-8)18-7(2)19/h3-6H,1-2H3,(H,17,20)(H,18,19)(H,21,22). The summed E-state index contributed by atoms with van der Waals surface area (Å²) in [7, 11) is 0. The van der Waals surface area contributed by atoms with Crippen molar-refractivity contribution in [3.63, 3.8) is 0 Å². The molecule has 6 nitrogen and oxygen atoms in total. The Hall–Kier alpha value is -2.58. The number of rotatable bonds is 4. The van der Waals surface area contributed by atoms with Crippen LogP contribution in [0.4, 0.5) is 18.9 Å². The molecule has 9 heteroatoms. The fourth-order valence-electron chi connectivity index (χ4n) is 1.54. The molecule has 0 saturated heterocycles. The Balaban J connectivity index is 3.20. The summed E-state index contributed by atoms with van der Waals surface area (Å²) in [6.07, 6.45) is -4.72. The highest BCUT2D eigenvalue weighted by molar-refractivity contribution is 5.98. The van der Waals surface area contributed by atoms with Gasteiger partial charge in [-0.25, -0.2) is 0 Å². The van der Waals surface area contributed by atoms with Crippen LogP contribution in [0.2, 0.25) is 0 Å². The maximum absolute atomic E-state index is 12.8. The molecule has 2 amide bonds. The number of nitrogens with one attached hydrogen (secondary N) is 2. The van der Waals surface area contributed by atoms with Crippen LogP contribution < -0.4 is 10.6 Å². The van der Waals surface area contributed by atoms with E-state index in [2.05, 4.69) is 5.32 Å². The van der Waals surface area contributed by atoms with Crippen LogP contribution in [0.3, 0.4) is 0 Å². The van der Waals surface area contributed by atoms with Gasteiger partial charge in [0.2, 0.25) is 5.91 Å². The van der Waals surface area contributed by atoms with Gasteiger partial charge in [0.05, 0.1) is 5.56 Å². The average molecular weight is 318 g/mol. The van der Waals surface area contributed by atoms with Crippen LogP contribution in [0.5, 0.6) is 0 Å². The van der Waals surface area contributed by atoms with Crippen molar-refractivity contribution in [3.05, 3.63) is 29.3 Å². The molecule has 1 unspecified atom stereocenters. The first-order valence-corrected chi connectivity index (χ1v) is 6.04. The summed E-state index contributed by atoms with van der Waals surface area (Å²) in [4.78, 5) is 33.4. The molecule has 1 aromatic carbocycles. The normalized spacial score (nSPS) is 12.4. The van der Waals surface area contributed by atoms with E-state index in [9.17, 15) is 27.6 Å². The lowest BCUT2D eigenvalue weighted by Crippen LogP contribution is -2.38. The zero-order valence-electron chi connectivity index (χ0n) is 11.6. The molecule has 0 aliphatic rings. The van der Waals surface area contributed by atoms with E-state index in [0.717, 1.165) is 13.0 Å².